The number of sulfonamides is 1. The average Bonchev–Trinajstić information content (AvgIpc) is 3.07. The fourth-order valence-corrected chi connectivity index (χ4v) is 5.01. The third kappa shape index (κ3) is 4.66. The van der Waals surface area contributed by atoms with Gasteiger partial charge in [-0.3, -0.25) is 9.52 Å². The Kier molecular flexibility index (Phi) is 6.13. The molecule has 1 aliphatic rings. The monoisotopic (exact) mass is 438 g/mol. The van der Waals surface area contributed by atoms with Crippen molar-refractivity contribution in [3.05, 3.63) is 66.2 Å². The number of carbonyl (C=O) groups is 1. The van der Waals surface area contributed by atoms with Crippen molar-refractivity contribution in [2.75, 3.05) is 24.9 Å². The second-order valence-corrected chi connectivity index (χ2v) is 9.42. The lowest BCUT2D eigenvalue weighted by molar-refractivity contribution is 0.0758. The molecule has 162 valence electrons. The summed E-state index contributed by atoms with van der Waals surface area (Å²) < 4.78 is 34.1. The van der Waals surface area contributed by atoms with Crippen molar-refractivity contribution >= 4 is 32.4 Å². The summed E-state index contributed by atoms with van der Waals surface area (Å²) in [4.78, 5) is 15.0. The van der Waals surface area contributed by atoms with E-state index in [1.807, 2.05) is 30.3 Å². The maximum atomic E-state index is 13.1. The van der Waals surface area contributed by atoms with Gasteiger partial charge >= 0.3 is 0 Å². The molecule has 0 aliphatic carbocycles. The smallest absolute Gasteiger partial charge is 0.261 e. The summed E-state index contributed by atoms with van der Waals surface area (Å²) in [5, 5.41) is 1.97. The number of ether oxygens (including phenoxy) is 1. The van der Waals surface area contributed by atoms with E-state index in [1.165, 1.54) is 19.2 Å². The molecular weight excluding hydrogens is 412 g/mol. The Morgan fingerprint density at radius 1 is 0.903 bits per heavy atom. The summed E-state index contributed by atoms with van der Waals surface area (Å²) in [6, 6.07) is 17.5. The molecular formula is C24H26N2O4S. The zero-order valence-electron chi connectivity index (χ0n) is 17.5. The van der Waals surface area contributed by atoms with Crippen molar-refractivity contribution in [1.29, 1.82) is 0 Å². The Labute approximate surface area is 182 Å². The van der Waals surface area contributed by atoms with Gasteiger partial charge in [-0.2, -0.15) is 0 Å². The van der Waals surface area contributed by atoms with E-state index in [9.17, 15) is 13.2 Å². The SMILES string of the molecule is COc1ccc(S(=O)(=O)Nc2ccc3ccccc3c2)cc1C(=O)N1CCCCCC1. The van der Waals surface area contributed by atoms with Crippen LogP contribution in [0, 0.1) is 0 Å². The van der Waals surface area contributed by atoms with E-state index in [0.717, 1.165) is 36.5 Å². The molecule has 0 aromatic heterocycles. The summed E-state index contributed by atoms with van der Waals surface area (Å²) in [7, 11) is -2.40. The van der Waals surface area contributed by atoms with Gasteiger partial charge in [0.1, 0.15) is 5.75 Å². The highest BCUT2D eigenvalue weighted by atomic mass is 32.2. The first-order chi connectivity index (χ1) is 15.0. The molecule has 1 fully saturated rings. The topological polar surface area (TPSA) is 75.7 Å². The number of nitrogens with one attached hydrogen (secondary N) is 1. The lowest BCUT2D eigenvalue weighted by Crippen LogP contribution is -2.32. The van der Waals surface area contributed by atoms with Crippen LogP contribution in [0.3, 0.4) is 0 Å². The maximum absolute atomic E-state index is 13.1. The molecule has 0 bridgehead atoms. The minimum atomic E-state index is -3.88. The predicted molar refractivity (Wildman–Crippen MR) is 122 cm³/mol. The van der Waals surface area contributed by atoms with E-state index in [1.54, 1.807) is 23.1 Å². The number of likely N-dealkylation sites (tertiary alicyclic amines) is 1. The van der Waals surface area contributed by atoms with Gasteiger partial charge < -0.3 is 9.64 Å². The molecule has 6 nitrogen and oxygen atoms in total. The van der Waals surface area contributed by atoms with Crippen molar-refractivity contribution in [3.8, 4) is 5.75 Å². The number of methoxy groups -OCH3 is 1. The molecule has 1 saturated heterocycles. The number of benzene rings is 3. The van der Waals surface area contributed by atoms with Crippen LogP contribution in [0.2, 0.25) is 0 Å². The summed E-state index contributed by atoms with van der Waals surface area (Å²) >= 11 is 0. The van der Waals surface area contributed by atoms with Crippen LogP contribution in [-0.2, 0) is 10.0 Å². The van der Waals surface area contributed by atoms with Crippen molar-refractivity contribution in [2.45, 2.75) is 30.6 Å². The maximum Gasteiger partial charge on any atom is 0.261 e. The molecule has 0 saturated carbocycles. The molecule has 1 heterocycles. The Morgan fingerprint density at radius 2 is 1.61 bits per heavy atom. The summed E-state index contributed by atoms with van der Waals surface area (Å²) in [5.74, 6) is 0.181. The van der Waals surface area contributed by atoms with Crippen LogP contribution in [-0.4, -0.2) is 39.4 Å². The van der Waals surface area contributed by atoms with Crippen molar-refractivity contribution in [3.63, 3.8) is 0 Å². The lowest BCUT2D eigenvalue weighted by Gasteiger charge is -2.22. The number of rotatable bonds is 5. The van der Waals surface area contributed by atoms with Crippen LogP contribution >= 0.6 is 0 Å². The van der Waals surface area contributed by atoms with E-state index in [4.69, 9.17) is 4.74 Å². The third-order valence-electron chi connectivity index (χ3n) is 5.61. The van der Waals surface area contributed by atoms with E-state index in [-0.39, 0.29) is 16.4 Å². The van der Waals surface area contributed by atoms with Crippen LogP contribution in [0.4, 0.5) is 5.69 Å². The molecule has 1 aliphatic heterocycles. The minimum absolute atomic E-state index is 0.0274. The van der Waals surface area contributed by atoms with Crippen molar-refractivity contribution < 1.29 is 17.9 Å². The van der Waals surface area contributed by atoms with Crippen LogP contribution in [0.15, 0.2) is 65.6 Å². The second kappa shape index (κ2) is 8.98. The zero-order chi connectivity index (χ0) is 21.8. The first kappa shape index (κ1) is 21.2. The molecule has 4 rings (SSSR count). The largest absolute Gasteiger partial charge is 0.496 e. The van der Waals surface area contributed by atoms with Gasteiger partial charge in [0.25, 0.3) is 15.9 Å². The van der Waals surface area contributed by atoms with Gasteiger partial charge in [0.05, 0.1) is 17.6 Å². The van der Waals surface area contributed by atoms with Gasteiger partial charge in [-0.15, -0.1) is 0 Å². The number of fused-ring (bicyclic) bond motifs is 1. The Hall–Kier alpha value is -3.06. The molecule has 1 amide bonds. The zero-order valence-corrected chi connectivity index (χ0v) is 18.3. The predicted octanol–water partition coefficient (Wildman–Crippen LogP) is 4.67. The quantitative estimate of drug-likeness (QED) is 0.628. The fourth-order valence-electron chi connectivity index (χ4n) is 3.93. The Balaban J connectivity index is 1.64. The number of hydrogen-bond donors (Lipinski definition) is 1. The number of hydrogen-bond acceptors (Lipinski definition) is 4. The van der Waals surface area contributed by atoms with Gasteiger partial charge in [0.15, 0.2) is 0 Å². The third-order valence-corrected chi connectivity index (χ3v) is 6.99. The minimum Gasteiger partial charge on any atom is -0.496 e. The molecule has 0 atom stereocenters. The van der Waals surface area contributed by atoms with E-state index < -0.39 is 10.0 Å². The van der Waals surface area contributed by atoms with Crippen molar-refractivity contribution in [1.82, 2.24) is 4.90 Å². The second-order valence-electron chi connectivity index (χ2n) is 7.74. The van der Waals surface area contributed by atoms with Crippen LogP contribution in [0.25, 0.3) is 10.8 Å². The number of anilines is 1. The fraction of sp³-hybridized carbons (Fsp3) is 0.292. The van der Waals surface area contributed by atoms with Gasteiger partial charge in [0.2, 0.25) is 0 Å². The van der Waals surface area contributed by atoms with Gasteiger partial charge in [-0.1, -0.05) is 43.2 Å². The molecule has 3 aromatic carbocycles. The van der Waals surface area contributed by atoms with Crippen molar-refractivity contribution in [2.24, 2.45) is 0 Å². The number of carbonyl (C=O) groups excluding carboxylic acids is 1. The highest BCUT2D eigenvalue weighted by Gasteiger charge is 2.24. The molecule has 1 N–H and O–H groups in total. The summed E-state index contributed by atoms with van der Waals surface area (Å²) in [6.07, 6.45) is 4.11. The molecule has 0 unspecified atom stereocenters. The average molecular weight is 439 g/mol. The first-order valence-corrected chi connectivity index (χ1v) is 12.0. The highest BCUT2D eigenvalue weighted by molar-refractivity contribution is 7.92. The molecule has 0 spiro atoms. The van der Waals surface area contributed by atoms with Crippen LogP contribution < -0.4 is 9.46 Å². The van der Waals surface area contributed by atoms with Crippen LogP contribution in [0.1, 0.15) is 36.0 Å². The molecule has 0 radical (unpaired) electrons. The lowest BCUT2D eigenvalue weighted by atomic mass is 10.1. The number of nitrogens with zero attached hydrogens (tertiary/aromatic N) is 1. The Morgan fingerprint density at radius 3 is 2.32 bits per heavy atom. The summed E-state index contributed by atoms with van der Waals surface area (Å²) in [6.45, 7) is 1.35. The summed E-state index contributed by atoms with van der Waals surface area (Å²) in [5.41, 5.74) is 0.737. The van der Waals surface area contributed by atoms with E-state index in [2.05, 4.69) is 4.72 Å². The van der Waals surface area contributed by atoms with E-state index >= 15 is 0 Å². The van der Waals surface area contributed by atoms with E-state index in [0.29, 0.717) is 24.5 Å². The molecule has 31 heavy (non-hydrogen) atoms. The normalized spacial score (nSPS) is 14.8. The van der Waals surface area contributed by atoms with Crippen LogP contribution in [0.5, 0.6) is 5.75 Å². The first-order valence-electron chi connectivity index (χ1n) is 10.5. The van der Waals surface area contributed by atoms with Gasteiger partial charge in [-0.05, 0) is 53.9 Å². The van der Waals surface area contributed by atoms with Gasteiger partial charge in [-0.25, -0.2) is 8.42 Å². The number of amides is 1. The molecule has 7 heteroatoms. The van der Waals surface area contributed by atoms with Gasteiger partial charge in [0, 0.05) is 18.8 Å². The molecule has 3 aromatic rings. The Bertz CT molecular complexity index is 1200. The standard InChI is InChI=1S/C24H26N2O4S/c1-30-23-13-12-21(17-22(23)24(27)26-14-6-2-3-7-15-26)31(28,29)25-20-11-10-18-8-4-5-9-19(18)16-20/h4-5,8-13,16-17,25H,2-3,6-7,14-15H2,1H3. The highest BCUT2D eigenvalue weighted by Crippen LogP contribution is 2.27.